The quantitative estimate of drug-likeness (QED) is 0.819. The molecule has 0 aliphatic carbocycles. The molecule has 0 N–H and O–H groups in total. The maximum Gasteiger partial charge on any atom is 0.349 e. The molecule has 2 aromatic rings. The van der Waals surface area contributed by atoms with E-state index in [2.05, 4.69) is 0 Å². The van der Waals surface area contributed by atoms with E-state index in [9.17, 15) is 9.59 Å². The molecule has 110 valence electrons. The van der Waals surface area contributed by atoms with E-state index < -0.39 is 12.1 Å². The van der Waals surface area contributed by atoms with E-state index >= 15 is 0 Å². The van der Waals surface area contributed by atoms with Crippen LogP contribution in [0.5, 0.6) is 0 Å². The van der Waals surface area contributed by atoms with Gasteiger partial charge in [0, 0.05) is 17.8 Å². The molecule has 4 nitrogen and oxygen atoms in total. The lowest BCUT2D eigenvalue weighted by Crippen LogP contribution is -2.38. The summed E-state index contributed by atoms with van der Waals surface area (Å²) in [6.07, 6.45) is 1.34. The summed E-state index contributed by atoms with van der Waals surface area (Å²) in [6, 6.07) is 9.61. The van der Waals surface area contributed by atoms with Crippen molar-refractivity contribution in [1.29, 1.82) is 0 Å². The van der Waals surface area contributed by atoms with Gasteiger partial charge in [0.2, 0.25) is 0 Å². The Kier molecular flexibility index (Phi) is 3.92. The van der Waals surface area contributed by atoms with Crippen molar-refractivity contribution in [2.75, 3.05) is 13.1 Å². The third kappa shape index (κ3) is 2.93. The van der Waals surface area contributed by atoms with E-state index in [0.717, 1.165) is 36.0 Å². The van der Waals surface area contributed by atoms with Crippen LogP contribution in [0.4, 0.5) is 0 Å². The standard InChI is InChI=1S/C16H17NO3S/c1-11(15(18)17-8-4-5-9-17)20-16(19)14-10-12-6-2-3-7-13(12)21-14/h2-3,6-7,10-11H,4-5,8-9H2,1H3. The van der Waals surface area contributed by atoms with Crippen molar-refractivity contribution in [2.24, 2.45) is 0 Å². The number of likely N-dealkylation sites (tertiary alicyclic amines) is 1. The largest absolute Gasteiger partial charge is 0.448 e. The van der Waals surface area contributed by atoms with Crippen LogP contribution in [0.25, 0.3) is 10.1 Å². The molecule has 1 aromatic carbocycles. The van der Waals surface area contributed by atoms with E-state index in [1.165, 1.54) is 11.3 Å². The van der Waals surface area contributed by atoms with Crippen molar-refractivity contribution in [3.05, 3.63) is 35.2 Å². The minimum absolute atomic E-state index is 0.0954. The summed E-state index contributed by atoms with van der Waals surface area (Å²) in [5.74, 6) is -0.516. The first-order valence-electron chi connectivity index (χ1n) is 7.13. The lowest BCUT2D eigenvalue weighted by molar-refractivity contribution is -0.138. The molecule has 0 spiro atoms. The molecule has 2 heterocycles. The van der Waals surface area contributed by atoms with Crippen LogP contribution in [0.1, 0.15) is 29.4 Å². The molecule has 0 saturated carbocycles. The molecule has 1 aliphatic rings. The fourth-order valence-corrected chi connectivity index (χ4v) is 3.49. The molecule has 5 heteroatoms. The lowest BCUT2D eigenvalue weighted by Gasteiger charge is -2.20. The average molecular weight is 303 g/mol. The zero-order chi connectivity index (χ0) is 14.8. The number of carbonyl (C=O) groups is 2. The molecule has 3 rings (SSSR count). The number of nitrogens with zero attached hydrogens (tertiary/aromatic N) is 1. The number of thiophene rings is 1. The number of amides is 1. The van der Waals surface area contributed by atoms with Gasteiger partial charge in [0.15, 0.2) is 6.10 Å². The van der Waals surface area contributed by atoms with Crippen molar-refractivity contribution in [2.45, 2.75) is 25.9 Å². The highest BCUT2D eigenvalue weighted by atomic mass is 32.1. The minimum atomic E-state index is -0.721. The molecular weight excluding hydrogens is 286 g/mol. The van der Waals surface area contributed by atoms with E-state index in [-0.39, 0.29) is 5.91 Å². The van der Waals surface area contributed by atoms with Gasteiger partial charge < -0.3 is 9.64 Å². The molecule has 1 atom stereocenters. The van der Waals surface area contributed by atoms with Crippen molar-refractivity contribution in [1.82, 2.24) is 4.90 Å². The van der Waals surface area contributed by atoms with Crippen molar-refractivity contribution in [3.8, 4) is 0 Å². The monoisotopic (exact) mass is 303 g/mol. The Hall–Kier alpha value is -1.88. The molecule has 1 aliphatic heterocycles. The summed E-state index contributed by atoms with van der Waals surface area (Å²) in [5, 5.41) is 1.02. The topological polar surface area (TPSA) is 46.6 Å². The number of esters is 1. The second-order valence-corrected chi connectivity index (χ2v) is 6.31. The molecule has 21 heavy (non-hydrogen) atoms. The number of hydrogen-bond donors (Lipinski definition) is 0. The van der Waals surface area contributed by atoms with Gasteiger partial charge >= 0.3 is 5.97 Å². The molecule has 0 bridgehead atoms. The van der Waals surface area contributed by atoms with Gasteiger partial charge in [-0.05, 0) is 37.3 Å². The van der Waals surface area contributed by atoms with E-state index in [4.69, 9.17) is 4.74 Å². The van der Waals surface area contributed by atoms with Gasteiger partial charge in [-0.15, -0.1) is 11.3 Å². The Bertz CT molecular complexity index is 640. The van der Waals surface area contributed by atoms with Crippen LogP contribution in [0.15, 0.2) is 30.3 Å². The molecule has 1 saturated heterocycles. The van der Waals surface area contributed by atoms with Gasteiger partial charge in [-0.1, -0.05) is 18.2 Å². The summed E-state index contributed by atoms with van der Waals surface area (Å²) in [6.45, 7) is 3.18. The van der Waals surface area contributed by atoms with Gasteiger partial charge in [0.25, 0.3) is 5.91 Å². The zero-order valence-electron chi connectivity index (χ0n) is 11.9. The Morgan fingerprint density at radius 1 is 1.24 bits per heavy atom. The van der Waals surface area contributed by atoms with Gasteiger partial charge in [-0.3, -0.25) is 4.79 Å². The number of fused-ring (bicyclic) bond motifs is 1. The van der Waals surface area contributed by atoms with Crippen LogP contribution in [-0.2, 0) is 9.53 Å². The van der Waals surface area contributed by atoms with Crippen molar-refractivity contribution < 1.29 is 14.3 Å². The van der Waals surface area contributed by atoms with Gasteiger partial charge in [0.05, 0.1) is 0 Å². The van der Waals surface area contributed by atoms with Crippen LogP contribution in [-0.4, -0.2) is 36.0 Å². The summed E-state index contributed by atoms with van der Waals surface area (Å²) in [5.41, 5.74) is 0. The van der Waals surface area contributed by atoms with Crippen molar-refractivity contribution >= 4 is 33.3 Å². The van der Waals surface area contributed by atoms with Crippen LogP contribution in [0.2, 0.25) is 0 Å². The Labute approximate surface area is 127 Å². The summed E-state index contributed by atoms with van der Waals surface area (Å²) in [4.78, 5) is 26.6. The second kappa shape index (κ2) is 5.85. The highest BCUT2D eigenvalue weighted by Crippen LogP contribution is 2.26. The van der Waals surface area contributed by atoms with Crippen LogP contribution in [0, 0.1) is 0 Å². The third-order valence-corrected chi connectivity index (χ3v) is 4.77. The molecule has 1 aromatic heterocycles. The molecule has 1 fully saturated rings. The molecule has 1 unspecified atom stereocenters. The van der Waals surface area contributed by atoms with Gasteiger partial charge in [0.1, 0.15) is 4.88 Å². The predicted molar refractivity (Wildman–Crippen MR) is 82.5 cm³/mol. The van der Waals surface area contributed by atoms with Crippen LogP contribution >= 0.6 is 11.3 Å². The Morgan fingerprint density at radius 2 is 1.95 bits per heavy atom. The highest BCUT2D eigenvalue weighted by Gasteiger charge is 2.26. The van der Waals surface area contributed by atoms with E-state index in [1.807, 2.05) is 30.3 Å². The lowest BCUT2D eigenvalue weighted by atomic mass is 10.2. The number of ether oxygens (including phenoxy) is 1. The predicted octanol–water partition coefficient (Wildman–Crippen LogP) is 3.07. The number of benzene rings is 1. The Balaban J connectivity index is 1.68. The fraction of sp³-hybridized carbons (Fsp3) is 0.375. The number of carbonyl (C=O) groups excluding carboxylic acids is 2. The van der Waals surface area contributed by atoms with Gasteiger partial charge in [-0.25, -0.2) is 4.79 Å². The van der Waals surface area contributed by atoms with Crippen LogP contribution < -0.4 is 0 Å². The second-order valence-electron chi connectivity index (χ2n) is 5.23. The number of rotatable bonds is 3. The first-order chi connectivity index (χ1) is 10.1. The first-order valence-corrected chi connectivity index (χ1v) is 7.95. The average Bonchev–Trinajstić information content (AvgIpc) is 3.15. The third-order valence-electron chi connectivity index (χ3n) is 3.68. The highest BCUT2D eigenvalue weighted by molar-refractivity contribution is 7.20. The molecule has 0 radical (unpaired) electrons. The SMILES string of the molecule is CC(OC(=O)c1cc2ccccc2s1)C(=O)N1CCCC1. The Morgan fingerprint density at radius 3 is 2.67 bits per heavy atom. The normalized spacial score (nSPS) is 16.1. The number of hydrogen-bond acceptors (Lipinski definition) is 4. The summed E-state index contributed by atoms with van der Waals surface area (Å²) in [7, 11) is 0. The minimum Gasteiger partial charge on any atom is -0.448 e. The molecular formula is C16H17NO3S. The summed E-state index contributed by atoms with van der Waals surface area (Å²) >= 11 is 1.39. The van der Waals surface area contributed by atoms with E-state index in [0.29, 0.717) is 4.88 Å². The smallest absolute Gasteiger partial charge is 0.349 e. The summed E-state index contributed by atoms with van der Waals surface area (Å²) < 4.78 is 6.36. The zero-order valence-corrected chi connectivity index (χ0v) is 12.7. The maximum atomic E-state index is 12.2. The maximum absolute atomic E-state index is 12.2. The molecule has 1 amide bonds. The van der Waals surface area contributed by atoms with Crippen molar-refractivity contribution in [3.63, 3.8) is 0 Å². The first kappa shape index (κ1) is 14.1. The van der Waals surface area contributed by atoms with Crippen LogP contribution in [0.3, 0.4) is 0 Å². The van der Waals surface area contributed by atoms with Gasteiger partial charge in [-0.2, -0.15) is 0 Å². The fourth-order valence-electron chi connectivity index (χ4n) is 2.55. The van der Waals surface area contributed by atoms with E-state index in [1.54, 1.807) is 11.8 Å².